The summed E-state index contributed by atoms with van der Waals surface area (Å²) < 4.78 is 0. The van der Waals surface area contributed by atoms with Gasteiger partial charge in [-0.2, -0.15) is 0 Å². The molecule has 3 unspecified atom stereocenters. The highest BCUT2D eigenvalue weighted by molar-refractivity contribution is 8.00. The molecular formula is C17H18N6O4S. The van der Waals surface area contributed by atoms with Crippen LogP contribution < -0.4 is 11.1 Å². The van der Waals surface area contributed by atoms with Crippen molar-refractivity contribution in [2.45, 2.75) is 30.9 Å². The number of rotatable bonds is 6. The van der Waals surface area contributed by atoms with Gasteiger partial charge in [0.1, 0.15) is 23.2 Å². The summed E-state index contributed by atoms with van der Waals surface area (Å²) in [5.41, 5.74) is 16.3. The van der Waals surface area contributed by atoms with E-state index in [1.54, 1.807) is 31.2 Å². The van der Waals surface area contributed by atoms with E-state index < -0.39 is 35.2 Å². The Labute approximate surface area is 164 Å². The van der Waals surface area contributed by atoms with Gasteiger partial charge in [0.2, 0.25) is 5.91 Å². The van der Waals surface area contributed by atoms with Crippen LogP contribution in [0.2, 0.25) is 0 Å². The maximum absolute atomic E-state index is 12.5. The van der Waals surface area contributed by atoms with Gasteiger partial charge in [-0.3, -0.25) is 14.5 Å². The van der Waals surface area contributed by atoms with E-state index in [-0.39, 0.29) is 12.2 Å². The minimum Gasteiger partial charge on any atom is -0.477 e. The number of hydrogen-bond donors (Lipinski definition) is 3. The Kier molecular flexibility index (Phi) is 5.59. The molecule has 0 bridgehead atoms. The Morgan fingerprint density at radius 2 is 2.14 bits per heavy atom. The quantitative estimate of drug-likeness (QED) is 0.281. The van der Waals surface area contributed by atoms with Crippen molar-refractivity contribution < 1.29 is 19.5 Å². The average molecular weight is 402 g/mol. The molecule has 28 heavy (non-hydrogen) atoms. The molecule has 2 aliphatic heterocycles. The first kappa shape index (κ1) is 19.7. The molecule has 0 radical (unpaired) electrons. The zero-order chi connectivity index (χ0) is 20.4. The summed E-state index contributed by atoms with van der Waals surface area (Å²) in [5.74, 6) is -1.66. The zero-order valence-electron chi connectivity index (χ0n) is 14.9. The smallest absolute Gasteiger partial charge is 0.352 e. The van der Waals surface area contributed by atoms with Crippen LogP contribution in [0.15, 0.2) is 40.6 Å². The van der Waals surface area contributed by atoms with Gasteiger partial charge < -0.3 is 16.2 Å². The Hall–Kier alpha value is -3.01. The van der Waals surface area contributed by atoms with Crippen molar-refractivity contribution in [3.63, 3.8) is 0 Å². The lowest BCUT2D eigenvalue weighted by atomic mass is 10.0. The van der Waals surface area contributed by atoms with Crippen LogP contribution in [0.25, 0.3) is 10.4 Å². The van der Waals surface area contributed by atoms with Gasteiger partial charge in [-0.25, -0.2) is 4.79 Å². The maximum atomic E-state index is 12.5. The fourth-order valence-corrected chi connectivity index (χ4v) is 4.41. The molecule has 1 fully saturated rings. The number of nitrogens with one attached hydrogen (secondary N) is 1. The van der Waals surface area contributed by atoms with Gasteiger partial charge in [0, 0.05) is 10.7 Å². The molecule has 4 N–H and O–H groups in total. The highest BCUT2D eigenvalue weighted by Crippen LogP contribution is 2.40. The molecule has 1 aromatic rings. The summed E-state index contributed by atoms with van der Waals surface area (Å²) in [6.07, 6.45) is 0. The van der Waals surface area contributed by atoms with Crippen LogP contribution in [0.5, 0.6) is 0 Å². The second-order valence-electron chi connectivity index (χ2n) is 6.44. The van der Waals surface area contributed by atoms with Gasteiger partial charge >= 0.3 is 5.97 Å². The number of hydrogen-bond acceptors (Lipinski definition) is 6. The third-order valence-corrected chi connectivity index (χ3v) is 6.02. The van der Waals surface area contributed by atoms with Crippen molar-refractivity contribution in [2.24, 2.45) is 10.8 Å². The summed E-state index contributed by atoms with van der Waals surface area (Å²) in [5, 5.41) is 15.0. The fraction of sp³-hybridized carbons (Fsp3) is 0.353. The molecule has 0 aromatic heterocycles. The van der Waals surface area contributed by atoms with Crippen molar-refractivity contribution in [3.05, 3.63) is 57.1 Å². The fourth-order valence-electron chi connectivity index (χ4n) is 3.11. The highest BCUT2D eigenvalue weighted by atomic mass is 32.2. The Morgan fingerprint density at radius 1 is 1.46 bits per heavy atom. The molecule has 10 nitrogen and oxygen atoms in total. The van der Waals surface area contributed by atoms with Crippen molar-refractivity contribution in [1.82, 2.24) is 10.2 Å². The molecule has 0 aliphatic carbocycles. The Morgan fingerprint density at radius 3 is 2.75 bits per heavy atom. The van der Waals surface area contributed by atoms with E-state index in [0.717, 1.165) is 5.56 Å². The summed E-state index contributed by atoms with van der Waals surface area (Å²) in [6, 6.07) is 4.93. The molecule has 2 amide bonds. The zero-order valence-corrected chi connectivity index (χ0v) is 15.7. The monoisotopic (exact) mass is 402 g/mol. The molecular weight excluding hydrogens is 384 g/mol. The van der Waals surface area contributed by atoms with Crippen LogP contribution in [-0.2, 0) is 20.9 Å². The summed E-state index contributed by atoms with van der Waals surface area (Å²) in [4.78, 5) is 40.2. The van der Waals surface area contributed by atoms with Crippen LogP contribution in [0.1, 0.15) is 24.1 Å². The number of aliphatic carboxylic acids is 1. The Bertz CT molecular complexity index is 909. The van der Waals surface area contributed by atoms with Crippen molar-refractivity contribution in [3.8, 4) is 0 Å². The molecule has 1 aromatic carbocycles. The van der Waals surface area contributed by atoms with Crippen molar-refractivity contribution in [2.75, 3.05) is 5.75 Å². The number of azide groups is 1. The van der Waals surface area contributed by atoms with Crippen LogP contribution in [0.4, 0.5) is 0 Å². The number of carbonyl (C=O) groups is 3. The maximum Gasteiger partial charge on any atom is 0.352 e. The molecule has 1 saturated heterocycles. The third kappa shape index (κ3) is 3.55. The first-order valence-electron chi connectivity index (χ1n) is 8.38. The van der Waals surface area contributed by atoms with Gasteiger partial charge in [-0.1, -0.05) is 29.4 Å². The van der Waals surface area contributed by atoms with Crippen molar-refractivity contribution >= 4 is 29.5 Å². The Balaban J connectivity index is 1.66. The van der Waals surface area contributed by atoms with E-state index in [1.165, 1.54) is 16.7 Å². The molecule has 0 saturated carbocycles. The number of carboxylic acids is 1. The van der Waals surface area contributed by atoms with Gasteiger partial charge in [0.05, 0.1) is 6.54 Å². The molecule has 3 atom stereocenters. The van der Waals surface area contributed by atoms with Crippen molar-refractivity contribution in [1.29, 1.82) is 0 Å². The first-order valence-corrected chi connectivity index (χ1v) is 9.43. The molecule has 2 aliphatic rings. The van der Waals surface area contributed by atoms with Crippen LogP contribution in [-0.4, -0.2) is 45.0 Å². The topological polar surface area (TPSA) is 161 Å². The van der Waals surface area contributed by atoms with Crippen LogP contribution >= 0.6 is 11.8 Å². The number of amides is 2. The number of benzene rings is 1. The number of nitrogens with zero attached hydrogens (tertiary/aromatic N) is 4. The van der Waals surface area contributed by atoms with Gasteiger partial charge in [-0.05, 0) is 29.2 Å². The predicted molar refractivity (Wildman–Crippen MR) is 102 cm³/mol. The van der Waals surface area contributed by atoms with E-state index >= 15 is 0 Å². The number of nitrogens with two attached hydrogens (primary N) is 1. The van der Waals surface area contributed by atoms with E-state index in [0.29, 0.717) is 16.9 Å². The van der Waals surface area contributed by atoms with E-state index in [1.807, 2.05) is 0 Å². The number of carbonyl (C=O) groups excluding carboxylic acids is 2. The van der Waals surface area contributed by atoms with Crippen LogP contribution in [0.3, 0.4) is 0 Å². The normalized spacial score (nSPS) is 21.9. The minimum absolute atomic E-state index is 0.0147. The average Bonchev–Trinajstić information content (AvgIpc) is 2.69. The molecule has 11 heteroatoms. The second kappa shape index (κ2) is 7.93. The van der Waals surface area contributed by atoms with E-state index in [4.69, 9.17) is 11.3 Å². The van der Waals surface area contributed by atoms with Crippen LogP contribution in [0, 0.1) is 0 Å². The molecule has 146 valence electrons. The first-order chi connectivity index (χ1) is 13.3. The SMILES string of the molecule is CC1=C(C(=O)O)N2C(=O)C(NC(=O)C(N)c3ccc(CN=[N+]=[N-])cc3)C2SC1. The number of thioether (sulfide) groups is 1. The summed E-state index contributed by atoms with van der Waals surface area (Å²) in [6.45, 7) is 1.87. The van der Waals surface area contributed by atoms with E-state index in [9.17, 15) is 19.5 Å². The molecule has 2 heterocycles. The molecule has 3 rings (SSSR count). The highest BCUT2D eigenvalue weighted by Gasteiger charge is 2.53. The number of fused-ring (bicyclic) bond motifs is 1. The number of β-lactam (4-membered cyclic amide) rings is 1. The third-order valence-electron chi connectivity index (χ3n) is 4.60. The van der Waals surface area contributed by atoms with E-state index in [2.05, 4.69) is 15.3 Å². The van der Waals surface area contributed by atoms with Gasteiger partial charge in [0.25, 0.3) is 5.91 Å². The minimum atomic E-state index is -1.15. The number of carboxylic acid groups (broad SMARTS) is 1. The lowest BCUT2D eigenvalue weighted by Crippen LogP contribution is -2.71. The summed E-state index contributed by atoms with van der Waals surface area (Å²) in [7, 11) is 0. The predicted octanol–water partition coefficient (Wildman–Crippen LogP) is 1.26. The standard InChI is InChI=1S/C17H18N6O4S/c1-8-7-28-16-12(15(25)23(16)13(8)17(26)27)21-14(24)11(18)10-4-2-9(3-5-10)6-20-22-19/h2-5,11-12,16H,6-7,18H2,1H3,(H,21,24)(H,26,27). The van der Waals surface area contributed by atoms with Gasteiger partial charge in [0.15, 0.2) is 0 Å². The lowest BCUT2D eigenvalue weighted by molar-refractivity contribution is -0.150. The van der Waals surface area contributed by atoms with Gasteiger partial charge in [-0.15, -0.1) is 11.8 Å². The summed E-state index contributed by atoms with van der Waals surface area (Å²) >= 11 is 1.40. The second-order valence-corrected chi connectivity index (χ2v) is 7.54. The largest absolute Gasteiger partial charge is 0.477 e. The molecule has 0 spiro atoms. The lowest BCUT2D eigenvalue weighted by Gasteiger charge is -2.49.